The van der Waals surface area contributed by atoms with Crippen LogP contribution in [0.25, 0.3) is 44.8 Å². The predicted molar refractivity (Wildman–Crippen MR) is 318 cm³/mol. The van der Waals surface area contributed by atoms with E-state index >= 15 is 0 Å². The van der Waals surface area contributed by atoms with Crippen molar-refractivity contribution < 1.29 is 39.1 Å². The number of phenolic OH excluding ortho intramolecular Hbond substituents is 4. The number of aromatic hydroxyl groups is 4. The summed E-state index contributed by atoms with van der Waals surface area (Å²) >= 11 is 0. The molecule has 79 heavy (non-hydrogen) atoms. The molecule has 422 valence electrons. The smallest absolute Gasteiger partial charge is 0.232 e. The minimum Gasteiger partial charge on any atom is -0.508 e. The summed E-state index contributed by atoms with van der Waals surface area (Å²) in [6, 6.07) is 32.7. The molecule has 10 rings (SSSR count). The summed E-state index contributed by atoms with van der Waals surface area (Å²) in [5.41, 5.74) is 12.4. The number of carbonyl (C=O) groups excluding carboxylic acids is 2. The molecule has 2 fully saturated rings. The lowest BCUT2D eigenvalue weighted by molar-refractivity contribution is -0.109. The Bertz CT molecular complexity index is 3040. The maximum absolute atomic E-state index is 10.6. The number of aldehydes is 2. The average molecular weight is 1080 g/mol. The van der Waals surface area contributed by atoms with Gasteiger partial charge in [-0.3, -0.25) is 9.80 Å². The SMILES string of the molecule is CC.CNc1onc(-c2cc(C(C)C)c(O)cc2O)c1-c1ccc(CN(C(C)C)C(C)C)cc1.CNc1onc(-c2cc(C(C)C)c(O)cc2O)c1-c1ccc(CN2CCc3ccccc3C2)cc1.O=CC1CC1.O=CC1CC1. The molecule has 0 atom stereocenters. The van der Waals surface area contributed by atoms with E-state index < -0.39 is 0 Å². The van der Waals surface area contributed by atoms with E-state index in [1.807, 2.05) is 41.5 Å². The Balaban J connectivity index is 0.000000211. The second-order valence-corrected chi connectivity index (χ2v) is 21.6. The van der Waals surface area contributed by atoms with Crippen molar-refractivity contribution in [2.75, 3.05) is 31.3 Å². The molecule has 0 amide bonds. The van der Waals surface area contributed by atoms with Crippen molar-refractivity contribution in [2.24, 2.45) is 11.8 Å². The molecule has 0 unspecified atom stereocenters. The Morgan fingerprint density at radius 1 is 0.595 bits per heavy atom. The maximum Gasteiger partial charge on any atom is 0.232 e. The molecular formula is C65H84N6O8. The van der Waals surface area contributed by atoms with Gasteiger partial charge in [0.1, 0.15) is 47.0 Å². The summed E-state index contributed by atoms with van der Waals surface area (Å²) in [6.45, 7) is 24.6. The van der Waals surface area contributed by atoms with Gasteiger partial charge in [0, 0.05) is 87.5 Å². The fourth-order valence-corrected chi connectivity index (χ4v) is 9.45. The van der Waals surface area contributed by atoms with Gasteiger partial charge in [0.05, 0.1) is 11.1 Å². The summed E-state index contributed by atoms with van der Waals surface area (Å²) in [5, 5.41) is 56.4. The van der Waals surface area contributed by atoms with Crippen molar-refractivity contribution in [1.29, 1.82) is 0 Å². The second-order valence-electron chi connectivity index (χ2n) is 21.6. The minimum atomic E-state index is -0.0368. The highest BCUT2D eigenvalue weighted by Crippen LogP contribution is 2.46. The highest BCUT2D eigenvalue weighted by Gasteiger charge is 2.26. The first-order valence-electron chi connectivity index (χ1n) is 28.1. The second kappa shape index (κ2) is 28.5. The normalized spacial score (nSPS) is 13.8. The zero-order valence-corrected chi connectivity index (χ0v) is 48.4. The van der Waals surface area contributed by atoms with E-state index in [2.05, 4.69) is 131 Å². The molecule has 14 nitrogen and oxygen atoms in total. The van der Waals surface area contributed by atoms with Gasteiger partial charge in [-0.1, -0.05) is 125 Å². The molecule has 14 heteroatoms. The van der Waals surface area contributed by atoms with Crippen LogP contribution in [-0.2, 0) is 35.6 Å². The van der Waals surface area contributed by atoms with E-state index in [4.69, 9.17) is 9.05 Å². The zero-order chi connectivity index (χ0) is 57.5. The molecule has 1 aliphatic heterocycles. The molecule has 2 aromatic heterocycles. The third-order valence-electron chi connectivity index (χ3n) is 14.3. The van der Waals surface area contributed by atoms with Crippen LogP contribution in [-0.4, -0.2) is 85.8 Å². The van der Waals surface area contributed by atoms with Crippen LogP contribution in [0.1, 0.15) is 140 Å². The van der Waals surface area contributed by atoms with E-state index in [1.165, 1.54) is 34.4 Å². The monoisotopic (exact) mass is 1080 g/mol. The lowest BCUT2D eigenvalue weighted by atomic mass is 9.94. The summed E-state index contributed by atoms with van der Waals surface area (Å²) < 4.78 is 11.1. The quantitative estimate of drug-likeness (QED) is 0.0500. The fourth-order valence-electron chi connectivity index (χ4n) is 9.45. The Labute approximate surface area is 467 Å². The van der Waals surface area contributed by atoms with Gasteiger partial charge in [-0.15, -0.1) is 0 Å². The van der Waals surface area contributed by atoms with Crippen LogP contribution >= 0.6 is 0 Å². The van der Waals surface area contributed by atoms with Crippen molar-refractivity contribution in [3.05, 3.63) is 130 Å². The van der Waals surface area contributed by atoms with E-state index in [1.54, 1.807) is 26.2 Å². The first kappa shape index (κ1) is 60.8. The number of hydrogen-bond acceptors (Lipinski definition) is 14. The van der Waals surface area contributed by atoms with Crippen molar-refractivity contribution in [2.45, 2.75) is 145 Å². The number of nitrogens with one attached hydrogen (secondary N) is 2. The largest absolute Gasteiger partial charge is 0.508 e. The van der Waals surface area contributed by atoms with Crippen molar-refractivity contribution >= 4 is 24.3 Å². The summed E-state index contributed by atoms with van der Waals surface area (Å²) in [7, 11) is 3.56. The van der Waals surface area contributed by atoms with Gasteiger partial charge < -0.3 is 49.7 Å². The van der Waals surface area contributed by atoms with Gasteiger partial charge in [-0.25, -0.2) is 0 Å². The van der Waals surface area contributed by atoms with Crippen LogP contribution in [0.2, 0.25) is 0 Å². The van der Waals surface area contributed by atoms with Crippen LogP contribution in [0.5, 0.6) is 23.0 Å². The Kier molecular flexibility index (Phi) is 21.9. The van der Waals surface area contributed by atoms with Crippen molar-refractivity contribution in [3.63, 3.8) is 0 Å². The summed E-state index contributed by atoms with van der Waals surface area (Å²) in [5.74, 6) is 2.22. The predicted octanol–water partition coefficient (Wildman–Crippen LogP) is 14.6. The number of phenols is 4. The highest BCUT2D eigenvalue weighted by atomic mass is 16.5. The van der Waals surface area contributed by atoms with Crippen LogP contribution < -0.4 is 10.6 Å². The molecule has 6 N–H and O–H groups in total. The van der Waals surface area contributed by atoms with Gasteiger partial charge >= 0.3 is 0 Å². The van der Waals surface area contributed by atoms with Gasteiger partial charge in [-0.05, 0) is 128 Å². The molecular weight excluding hydrogens is 993 g/mol. The van der Waals surface area contributed by atoms with Crippen LogP contribution in [0, 0.1) is 11.8 Å². The number of anilines is 2. The maximum atomic E-state index is 10.6. The topological polar surface area (TPSA) is 198 Å². The van der Waals surface area contributed by atoms with E-state index in [-0.39, 0.29) is 34.8 Å². The number of rotatable bonds is 16. The molecule has 7 aromatic rings. The Hall–Kier alpha value is -7.42. The number of aromatic nitrogens is 2. The molecule has 0 radical (unpaired) electrons. The summed E-state index contributed by atoms with van der Waals surface area (Å²) in [6.07, 6.45) is 7.71. The standard InChI is InChI=1S/C29H31N3O3.C26H35N3O3.2C4H6O.C2H6/c1-18(2)23-14-24(26(34)15-25(23)33)28-27(29(30-3)35-31-28)21-10-8-19(9-11-21)16-32-13-12-20-6-4-5-7-22(20)17-32;1-15(2)20-12-21(23(31)13-22(20)30)25-24(26(27-7)32-28-25)19-10-8-18(9-11-19)14-29(16(3)4)17(5)6;2*5-3-4-1-2-4;1-2/h4-11,14-15,18,30,33-34H,12-13,16-17H2,1-3H3;8-13,15-17,27,30-31H,14H2,1-7H3;2*3-4H,1-2H2;1-2H3. The molecule has 0 saturated heterocycles. The molecule has 0 bridgehead atoms. The molecule has 3 heterocycles. The minimum absolute atomic E-state index is 0.0360. The first-order chi connectivity index (χ1) is 37.9. The lowest BCUT2D eigenvalue weighted by Gasteiger charge is -2.30. The Morgan fingerprint density at radius 3 is 1.38 bits per heavy atom. The van der Waals surface area contributed by atoms with E-state index in [0.717, 1.165) is 104 Å². The molecule has 3 aliphatic rings. The molecule has 2 aliphatic carbocycles. The molecule has 5 aromatic carbocycles. The van der Waals surface area contributed by atoms with Gasteiger partial charge in [-0.2, -0.15) is 0 Å². The van der Waals surface area contributed by atoms with Gasteiger partial charge in [0.2, 0.25) is 11.8 Å². The number of nitrogens with zero attached hydrogens (tertiary/aromatic N) is 4. The van der Waals surface area contributed by atoms with Crippen LogP contribution in [0.4, 0.5) is 11.8 Å². The van der Waals surface area contributed by atoms with Gasteiger partial charge in [0.15, 0.2) is 0 Å². The number of hydrogen-bond donors (Lipinski definition) is 6. The zero-order valence-electron chi connectivity index (χ0n) is 48.4. The number of benzene rings is 5. The number of carbonyl (C=O) groups is 2. The van der Waals surface area contributed by atoms with Crippen molar-refractivity contribution in [1.82, 2.24) is 20.1 Å². The molecule has 0 spiro atoms. The number of fused-ring (bicyclic) bond motifs is 1. The van der Waals surface area contributed by atoms with E-state index in [0.29, 0.717) is 58.2 Å². The lowest BCUT2D eigenvalue weighted by Crippen LogP contribution is -2.36. The van der Waals surface area contributed by atoms with Crippen LogP contribution in [0.3, 0.4) is 0 Å². The first-order valence-corrected chi connectivity index (χ1v) is 28.1. The third-order valence-corrected chi connectivity index (χ3v) is 14.3. The van der Waals surface area contributed by atoms with Gasteiger partial charge in [0.25, 0.3) is 0 Å². The van der Waals surface area contributed by atoms with Crippen LogP contribution in [0.15, 0.2) is 106 Å². The Morgan fingerprint density at radius 2 is 1.01 bits per heavy atom. The van der Waals surface area contributed by atoms with E-state index in [9.17, 15) is 30.0 Å². The molecule has 2 saturated carbocycles. The van der Waals surface area contributed by atoms with Crippen molar-refractivity contribution in [3.8, 4) is 67.8 Å². The highest BCUT2D eigenvalue weighted by molar-refractivity contribution is 5.91. The average Bonchev–Trinajstić information content (AvgIpc) is 4.48. The summed E-state index contributed by atoms with van der Waals surface area (Å²) in [4.78, 5) is 24.1. The fraction of sp³-hybridized carbons (Fsp3) is 0.415. The third kappa shape index (κ3) is 15.9.